The van der Waals surface area contributed by atoms with E-state index in [1.807, 2.05) is 0 Å². The smallest absolute Gasteiger partial charge is 0.296 e. The summed E-state index contributed by atoms with van der Waals surface area (Å²) in [5.41, 5.74) is -1.24. The second-order valence-corrected chi connectivity index (χ2v) is 25.2. The van der Waals surface area contributed by atoms with Crippen molar-refractivity contribution in [2.24, 2.45) is 0 Å². The first-order valence-electron chi connectivity index (χ1n) is 22.1. The van der Waals surface area contributed by atoms with Gasteiger partial charge in [0.2, 0.25) is 23.8 Å². The molecule has 30 nitrogen and oxygen atoms in total. The number of morpholine rings is 2. The lowest BCUT2D eigenvalue weighted by Gasteiger charge is -2.27. The van der Waals surface area contributed by atoms with Crippen LogP contribution in [-0.2, 0) is 83.0 Å². The minimum absolute atomic E-state index is 0.0318. The number of hydrogen-bond donors (Lipinski definition) is 8. The van der Waals surface area contributed by atoms with Gasteiger partial charge < -0.3 is 29.9 Å². The summed E-state index contributed by atoms with van der Waals surface area (Å²) in [4.78, 5) is 25.1. The molecule has 0 saturated carbocycles. The molecule has 0 radical (unpaired) electrons. The van der Waals surface area contributed by atoms with Gasteiger partial charge in [0.25, 0.3) is 60.7 Å². The number of aromatic nitrogens is 6. The summed E-state index contributed by atoms with van der Waals surface area (Å²) < 4.78 is 219. The fourth-order valence-corrected chi connectivity index (χ4v) is 11.6. The highest BCUT2D eigenvalue weighted by molar-refractivity contribution is 7.87. The topological polar surface area (TPSA) is 453 Å². The van der Waals surface area contributed by atoms with Crippen molar-refractivity contribution in [2.75, 3.05) is 73.0 Å². The van der Waals surface area contributed by atoms with Crippen LogP contribution in [-0.4, -0.2) is 160 Å². The Hall–Kier alpha value is -6.78. The van der Waals surface area contributed by atoms with Crippen LogP contribution in [0.4, 0.5) is 35.2 Å². The molecule has 36 heteroatoms. The van der Waals surface area contributed by atoms with Crippen molar-refractivity contribution in [1.29, 1.82) is 0 Å². The molecule has 416 valence electrons. The van der Waals surface area contributed by atoms with Crippen molar-refractivity contribution >= 4 is 108 Å². The summed E-state index contributed by atoms with van der Waals surface area (Å²) in [6.07, 6.45) is 1.43. The van der Waals surface area contributed by atoms with E-state index in [4.69, 9.17) is 9.47 Å². The van der Waals surface area contributed by atoms with E-state index in [1.54, 1.807) is 9.80 Å². The molecular formula is C42H42N10O20S6. The van der Waals surface area contributed by atoms with E-state index in [2.05, 4.69) is 40.5 Å². The van der Waals surface area contributed by atoms with E-state index in [0.717, 1.165) is 48.6 Å². The van der Waals surface area contributed by atoms with Crippen molar-refractivity contribution in [3.63, 3.8) is 0 Å². The Morgan fingerprint density at radius 3 is 1.44 bits per heavy atom. The van der Waals surface area contributed by atoms with E-state index in [0.29, 0.717) is 25.2 Å². The number of anilines is 6. The maximum Gasteiger partial charge on any atom is 0.296 e. The molecule has 0 amide bonds. The third-order valence-electron chi connectivity index (χ3n) is 11.4. The van der Waals surface area contributed by atoms with Gasteiger partial charge in [-0.25, -0.2) is 4.98 Å². The van der Waals surface area contributed by atoms with Crippen LogP contribution in [0.1, 0.15) is 33.9 Å². The van der Waals surface area contributed by atoms with E-state index >= 15 is 0 Å². The van der Waals surface area contributed by atoms with E-state index in [-0.39, 0.29) is 103 Å². The lowest BCUT2D eigenvalue weighted by atomic mass is 10.1. The van der Waals surface area contributed by atoms with Gasteiger partial charge in [-0.15, -0.1) is 0 Å². The van der Waals surface area contributed by atoms with Gasteiger partial charge in [0.1, 0.15) is 26.3 Å². The quantitative estimate of drug-likeness (QED) is 0.0451. The van der Waals surface area contributed by atoms with E-state index in [1.165, 1.54) is 24.3 Å². The molecule has 8 rings (SSSR count). The fourth-order valence-electron chi connectivity index (χ4n) is 7.80. The minimum atomic E-state index is -5.10. The highest BCUT2D eigenvalue weighted by Crippen LogP contribution is 2.31. The third-order valence-corrected chi connectivity index (χ3v) is 16.7. The second kappa shape index (κ2) is 22.2. The third kappa shape index (κ3) is 14.3. The highest BCUT2D eigenvalue weighted by atomic mass is 32.2. The van der Waals surface area contributed by atoms with Crippen molar-refractivity contribution < 1.29 is 87.3 Å². The van der Waals surface area contributed by atoms with Crippen LogP contribution in [0.2, 0.25) is 0 Å². The lowest BCUT2D eigenvalue weighted by molar-refractivity contribution is 0.122. The summed E-state index contributed by atoms with van der Waals surface area (Å²) in [5.74, 6) is -0.945. The van der Waals surface area contributed by atoms with E-state index in [9.17, 15) is 77.8 Å². The summed E-state index contributed by atoms with van der Waals surface area (Å²) in [6, 6.07) is 11.6. The molecular weight excluding hydrogens is 1160 g/mol. The predicted octanol–water partition coefficient (Wildman–Crippen LogP) is 2.05. The molecule has 8 N–H and O–H groups in total. The number of rotatable bonds is 18. The molecule has 0 bridgehead atoms. The van der Waals surface area contributed by atoms with Gasteiger partial charge in [0, 0.05) is 44.7 Å². The monoisotopic (exact) mass is 1200 g/mol. The van der Waals surface area contributed by atoms with Gasteiger partial charge in [-0.3, -0.25) is 27.3 Å². The first kappa shape index (κ1) is 57.4. The average molecular weight is 1200 g/mol. The predicted molar refractivity (Wildman–Crippen MR) is 271 cm³/mol. The Kier molecular flexibility index (Phi) is 16.3. The standard InChI is InChI=1S/C42H42N10O20S6/c53-73(54,55)30-7-9-33(75(59,60)61)28(21-30)22-38-45-37(46-41(47-38)51-11-15-71-16-12-51)20-25-1-2-26(35(19-25)77(65,66)67)3-4-27-5-6-29(23-36(27)78(68,69)70)43-39-48-40(50-42(49-39)52-13-17-72-18-14-52)44-32-24-31(74(56,57)58)8-10-34(32)76(62,63)64/h1-10,19,21,23-24H,11-18,20,22H2,(H,53,54,55)(H,56,57,58)(H,59,60,61)(H,62,63,64)(H,65,66,67)(H,68,69,70)(H2,43,44,48,49,50)/b4-3-. The zero-order valence-electron chi connectivity index (χ0n) is 39.6. The Morgan fingerprint density at radius 2 is 0.910 bits per heavy atom. The molecule has 6 aromatic rings. The zero-order chi connectivity index (χ0) is 56.6. The number of benzene rings is 4. The largest absolute Gasteiger partial charge is 0.378 e. The Morgan fingerprint density at radius 1 is 0.449 bits per heavy atom. The van der Waals surface area contributed by atoms with Crippen LogP contribution in [0, 0.1) is 0 Å². The molecule has 2 saturated heterocycles. The van der Waals surface area contributed by atoms with Crippen LogP contribution in [0.3, 0.4) is 0 Å². The summed E-state index contributed by atoms with van der Waals surface area (Å²) in [7, 11) is -29.9. The zero-order valence-corrected chi connectivity index (χ0v) is 44.5. The van der Waals surface area contributed by atoms with Crippen LogP contribution in [0.15, 0.2) is 102 Å². The van der Waals surface area contributed by atoms with E-state index < -0.39 is 108 Å². The maximum atomic E-state index is 12.9. The molecule has 0 spiro atoms. The Labute approximate surface area is 444 Å². The van der Waals surface area contributed by atoms with Crippen molar-refractivity contribution in [1.82, 2.24) is 29.9 Å². The highest BCUT2D eigenvalue weighted by Gasteiger charge is 2.26. The van der Waals surface area contributed by atoms with Gasteiger partial charge >= 0.3 is 0 Å². The SMILES string of the molecule is O=S(=O)(O)c1ccc(S(=O)(=O)O)c(Cc2nc(Cc3ccc(/C=C\c4ccc(Nc5nc(Nc6cc(S(=O)(=O)O)ccc6S(=O)(=O)O)nc(N6CCOCC6)n5)cc4S(=O)(=O)O)c(S(=O)(=O)O)c3)nc(N3CCOCC3)n2)c1. The van der Waals surface area contributed by atoms with Crippen LogP contribution >= 0.6 is 0 Å². The molecule has 0 aliphatic carbocycles. The first-order valence-corrected chi connectivity index (χ1v) is 30.8. The van der Waals surface area contributed by atoms with Crippen molar-refractivity contribution in [3.05, 3.63) is 107 Å². The molecule has 2 aliphatic rings. The van der Waals surface area contributed by atoms with Gasteiger partial charge in [-0.2, -0.15) is 75.4 Å². The first-order chi connectivity index (χ1) is 36.4. The number of nitrogens with zero attached hydrogens (tertiary/aromatic N) is 8. The van der Waals surface area contributed by atoms with Crippen molar-refractivity contribution in [2.45, 2.75) is 42.2 Å². The van der Waals surface area contributed by atoms with Gasteiger partial charge in [0.15, 0.2) is 0 Å². The molecule has 4 aromatic carbocycles. The molecule has 0 atom stereocenters. The van der Waals surface area contributed by atoms with Crippen molar-refractivity contribution in [3.8, 4) is 0 Å². The molecule has 2 aliphatic heterocycles. The van der Waals surface area contributed by atoms with Gasteiger partial charge in [-0.05, 0) is 76.9 Å². The second-order valence-electron chi connectivity index (χ2n) is 16.8. The molecule has 2 fully saturated rings. The van der Waals surface area contributed by atoms with Crippen LogP contribution in [0.5, 0.6) is 0 Å². The van der Waals surface area contributed by atoms with Gasteiger partial charge in [0.05, 0.1) is 46.8 Å². The maximum absolute atomic E-state index is 12.9. The number of hydrogen-bond acceptors (Lipinski definition) is 24. The normalized spacial score (nSPS) is 15.2. The molecule has 2 aromatic heterocycles. The summed E-state index contributed by atoms with van der Waals surface area (Å²) >= 11 is 0. The minimum Gasteiger partial charge on any atom is -0.378 e. The van der Waals surface area contributed by atoms with Crippen LogP contribution in [0.25, 0.3) is 12.2 Å². The summed E-state index contributed by atoms with van der Waals surface area (Å²) in [5, 5.41) is 5.25. The van der Waals surface area contributed by atoms with Crippen LogP contribution < -0.4 is 20.4 Å². The molecule has 78 heavy (non-hydrogen) atoms. The summed E-state index contributed by atoms with van der Waals surface area (Å²) in [6.45, 7) is 2.09. The fraction of sp³-hybridized carbons (Fsp3) is 0.238. The Balaban J connectivity index is 1.11. The average Bonchev–Trinajstić information content (AvgIpc) is 3.35. The number of nitrogens with one attached hydrogen (secondary N) is 2. The lowest BCUT2D eigenvalue weighted by Crippen LogP contribution is -2.37. The number of ether oxygens (including phenoxy) is 2. The molecule has 4 heterocycles. The van der Waals surface area contributed by atoms with Gasteiger partial charge in [-0.1, -0.05) is 30.4 Å². The Bertz CT molecular complexity index is 3820. The molecule has 0 unspecified atom stereocenters.